The molecule has 0 aliphatic heterocycles. The first-order chi connectivity index (χ1) is 16.3. The lowest BCUT2D eigenvalue weighted by Crippen LogP contribution is -1.85. The molecule has 2 heterocycles. The second kappa shape index (κ2) is 6.99. The lowest BCUT2D eigenvalue weighted by Gasteiger charge is -2.10. The van der Waals surface area contributed by atoms with Crippen LogP contribution in [0.4, 0.5) is 0 Å². The summed E-state index contributed by atoms with van der Waals surface area (Å²) in [4.78, 5) is 0. The van der Waals surface area contributed by atoms with Gasteiger partial charge in [-0.1, -0.05) is 72.3 Å². The molecule has 0 saturated carbocycles. The molecular formula is C30H17ClO2. The monoisotopic (exact) mass is 444 g/mol. The zero-order valence-corrected chi connectivity index (χ0v) is 18.3. The molecule has 7 aromatic rings. The molecule has 7 rings (SSSR count). The van der Waals surface area contributed by atoms with Crippen molar-refractivity contribution in [3.8, 4) is 22.3 Å². The molecule has 0 atom stereocenters. The van der Waals surface area contributed by atoms with Crippen LogP contribution in [0.5, 0.6) is 0 Å². The van der Waals surface area contributed by atoms with E-state index in [0.717, 1.165) is 71.2 Å². The molecule has 3 heteroatoms. The predicted octanol–water partition coefficient (Wildman–Crippen LogP) is 9.47. The van der Waals surface area contributed by atoms with E-state index in [4.69, 9.17) is 20.4 Å². The summed E-state index contributed by atoms with van der Waals surface area (Å²) < 4.78 is 12.5. The van der Waals surface area contributed by atoms with Gasteiger partial charge >= 0.3 is 0 Å². The summed E-state index contributed by atoms with van der Waals surface area (Å²) in [6.45, 7) is 0. The van der Waals surface area contributed by atoms with Gasteiger partial charge in [0.05, 0.1) is 0 Å². The Hall–Kier alpha value is -4.01. The van der Waals surface area contributed by atoms with E-state index in [1.807, 2.05) is 54.6 Å². The standard InChI is InChI=1S/C30H17ClO2/c31-20-14-12-18(13-15-20)19-16-24(30-23-7-2-4-10-26(23)33-28(30)17-19)21-8-5-11-27-29(21)22-6-1-3-9-25(22)32-27/h1-17H. The lowest BCUT2D eigenvalue weighted by atomic mass is 9.92. The van der Waals surface area contributed by atoms with Gasteiger partial charge in [0.1, 0.15) is 22.3 Å². The van der Waals surface area contributed by atoms with Crippen LogP contribution in [-0.2, 0) is 0 Å². The van der Waals surface area contributed by atoms with Crippen molar-refractivity contribution in [2.45, 2.75) is 0 Å². The van der Waals surface area contributed by atoms with Crippen LogP contribution in [0.2, 0.25) is 5.02 Å². The molecule has 0 fully saturated rings. The fraction of sp³-hybridized carbons (Fsp3) is 0. The minimum atomic E-state index is 0.721. The summed E-state index contributed by atoms with van der Waals surface area (Å²) in [6, 6.07) is 35.0. The van der Waals surface area contributed by atoms with E-state index in [1.54, 1.807) is 0 Å². The van der Waals surface area contributed by atoms with E-state index in [2.05, 4.69) is 48.5 Å². The smallest absolute Gasteiger partial charge is 0.136 e. The van der Waals surface area contributed by atoms with Gasteiger partial charge in [0.2, 0.25) is 0 Å². The van der Waals surface area contributed by atoms with Gasteiger partial charge in [-0.25, -0.2) is 0 Å². The normalized spacial score (nSPS) is 11.8. The van der Waals surface area contributed by atoms with Crippen LogP contribution in [0, 0.1) is 0 Å². The molecule has 0 aliphatic rings. The number of rotatable bonds is 2. The van der Waals surface area contributed by atoms with Crippen molar-refractivity contribution in [2.75, 3.05) is 0 Å². The summed E-state index contributed by atoms with van der Waals surface area (Å²) >= 11 is 6.15. The maximum atomic E-state index is 6.33. The van der Waals surface area contributed by atoms with Crippen molar-refractivity contribution >= 4 is 55.5 Å². The molecule has 0 radical (unpaired) electrons. The van der Waals surface area contributed by atoms with Crippen LogP contribution in [0.1, 0.15) is 0 Å². The van der Waals surface area contributed by atoms with Crippen molar-refractivity contribution in [2.24, 2.45) is 0 Å². The van der Waals surface area contributed by atoms with Crippen molar-refractivity contribution in [3.63, 3.8) is 0 Å². The van der Waals surface area contributed by atoms with Crippen LogP contribution < -0.4 is 0 Å². The Bertz CT molecular complexity index is 1820. The van der Waals surface area contributed by atoms with Gasteiger partial charge < -0.3 is 8.83 Å². The molecule has 2 nitrogen and oxygen atoms in total. The van der Waals surface area contributed by atoms with Crippen LogP contribution in [0.3, 0.4) is 0 Å². The SMILES string of the molecule is Clc1ccc(-c2cc(-c3cccc4oc5ccccc5c34)c3c(c2)oc2ccccc23)cc1. The number of hydrogen-bond donors (Lipinski definition) is 0. The predicted molar refractivity (Wildman–Crippen MR) is 137 cm³/mol. The Balaban J connectivity index is 1.64. The highest BCUT2D eigenvalue weighted by atomic mass is 35.5. The summed E-state index contributed by atoms with van der Waals surface area (Å²) in [5.74, 6) is 0. The van der Waals surface area contributed by atoms with Gasteiger partial charge in [0.25, 0.3) is 0 Å². The first-order valence-electron chi connectivity index (χ1n) is 10.9. The molecule has 0 N–H and O–H groups in total. The first kappa shape index (κ1) is 18.6. The van der Waals surface area contributed by atoms with Crippen LogP contribution in [0.15, 0.2) is 112 Å². The Morgan fingerprint density at radius 1 is 0.455 bits per heavy atom. The van der Waals surface area contributed by atoms with Gasteiger partial charge in [-0.15, -0.1) is 0 Å². The Kier molecular flexibility index (Phi) is 3.93. The summed E-state index contributed by atoms with van der Waals surface area (Å²) in [7, 11) is 0. The maximum Gasteiger partial charge on any atom is 0.136 e. The molecule has 0 saturated heterocycles. The molecule has 33 heavy (non-hydrogen) atoms. The average molecular weight is 445 g/mol. The van der Waals surface area contributed by atoms with E-state index in [9.17, 15) is 0 Å². The number of benzene rings is 5. The molecule has 2 aromatic heterocycles. The van der Waals surface area contributed by atoms with E-state index >= 15 is 0 Å². The number of hydrogen-bond acceptors (Lipinski definition) is 2. The third kappa shape index (κ3) is 2.81. The summed E-state index contributed by atoms with van der Waals surface area (Å²) in [5.41, 5.74) is 7.94. The van der Waals surface area contributed by atoms with Gasteiger partial charge in [-0.2, -0.15) is 0 Å². The van der Waals surface area contributed by atoms with E-state index in [-0.39, 0.29) is 0 Å². The topological polar surface area (TPSA) is 26.3 Å². The molecule has 0 spiro atoms. The maximum absolute atomic E-state index is 6.33. The molecule has 5 aromatic carbocycles. The third-order valence-corrected chi connectivity index (χ3v) is 6.60. The molecular weight excluding hydrogens is 428 g/mol. The summed E-state index contributed by atoms with van der Waals surface area (Å²) in [5, 5.41) is 5.17. The highest BCUT2D eigenvalue weighted by Crippen LogP contribution is 2.44. The Labute approximate surface area is 194 Å². The molecule has 0 amide bonds. The van der Waals surface area contributed by atoms with Crippen molar-refractivity contribution in [1.82, 2.24) is 0 Å². The van der Waals surface area contributed by atoms with E-state index in [0.29, 0.717) is 0 Å². The quantitative estimate of drug-likeness (QED) is 0.265. The van der Waals surface area contributed by atoms with Crippen molar-refractivity contribution in [3.05, 3.63) is 108 Å². The van der Waals surface area contributed by atoms with Crippen molar-refractivity contribution < 1.29 is 8.83 Å². The number of halogens is 1. The highest BCUT2D eigenvalue weighted by molar-refractivity contribution is 6.30. The van der Waals surface area contributed by atoms with E-state index < -0.39 is 0 Å². The zero-order chi connectivity index (χ0) is 21.9. The number of furan rings is 2. The molecule has 0 unspecified atom stereocenters. The molecule has 0 bridgehead atoms. The number of para-hydroxylation sites is 2. The number of fused-ring (bicyclic) bond motifs is 6. The average Bonchev–Trinajstić information content (AvgIpc) is 3.42. The summed E-state index contributed by atoms with van der Waals surface area (Å²) in [6.07, 6.45) is 0. The highest BCUT2D eigenvalue weighted by Gasteiger charge is 2.19. The Morgan fingerprint density at radius 3 is 1.79 bits per heavy atom. The van der Waals surface area contributed by atoms with Gasteiger partial charge in [0.15, 0.2) is 0 Å². The van der Waals surface area contributed by atoms with Gasteiger partial charge in [0, 0.05) is 26.6 Å². The van der Waals surface area contributed by atoms with Crippen LogP contribution >= 0.6 is 11.6 Å². The minimum absolute atomic E-state index is 0.721. The fourth-order valence-corrected chi connectivity index (χ4v) is 5.00. The van der Waals surface area contributed by atoms with Crippen LogP contribution in [-0.4, -0.2) is 0 Å². The molecule has 156 valence electrons. The largest absolute Gasteiger partial charge is 0.456 e. The fourth-order valence-electron chi connectivity index (χ4n) is 4.87. The zero-order valence-electron chi connectivity index (χ0n) is 17.5. The van der Waals surface area contributed by atoms with Gasteiger partial charge in [-0.05, 0) is 64.7 Å². The van der Waals surface area contributed by atoms with E-state index in [1.165, 1.54) is 0 Å². The van der Waals surface area contributed by atoms with Crippen LogP contribution in [0.25, 0.3) is 66.1 Å². The van der Waals surface area contributed by atoms with Crippen molar-refractivity contribution in [1.29, 1.82) is 0 Å². The Morgan fingerprint density at radius 2 is 1.06 bits per heavy atom. The first-order valence-corrected chi connectivity index (χ1v) is 11.3. The third-order valence-electron chi connectivity index (χ3n) is 6.35. The lowest BCUT2D eigenvalue weighted by molar-refractivity contribution is 0.668. The second-order valence-electron chi connectivity index (χ2n) is 8.28. The molecule has 0 aliphatic carbocycles. The second-order valence-corrected chi connectivity index (χ2v) is 8.72. The van der Waals surface area contributed by atoms with Gasteiger partial charge in [-0.3, -0.25) is 0 Å². The minimum Gasteiger partial charge on any atom is -0.456 e.